The van der Waals surface area contributed by atoms with Crippen LogP contribution >= 0.6 is 0 Å². The number of hydrogen-bond acceptors (Lipinski definition) is 5. The van der Waals surface area contributed by atoms with E-state index in [0.717, 1.165) is 5.56 Å². The third kappa shape index (κ3) is 2.62. The lowest BCUT2D eigenvalue weighted by atomic mass is 10.0. The van der Waals surface area contributed by atoms with E-state index in [-0.39, 0.29) is 23.3 Å². The molecule has 2 aromatic rings. The van der Waals surface area contributed by atoms with Crippen LogP contribution in [0.15, 0.2) is 30.3 Å². The van der Waals surface area contributed by atoms with Crippen molar-refractivity contribution in [3.8, 4) is 5.75 Å². The van der Waals surface area contributed by atoms with Crippen LogP contribution in [0, 0.1) is 5.82 Å². The summed E-state index contributed by atoms with van der Waals surface area (Å²) in [7, 11) is 0. The summed E-state index contributed by atoms with van der Waals surface area (Å²) < 4.78 is 19.1. The Morgan fingerprint density at radius 3 is 2.90 bits per heavy atom. The second-order valence-corrected chi connectivity index (χ2v) is 4.66. The van der Waals surface area contributed by atoms with Crippen molar-refractivity contribution in [1.29, 1.82) is 0 Å². The third-order valence-electron chi connectivity index (χ3n) is 3.26. The number of amides is 1. The van der Waals surface area contributed by atoms with Gasteiger partial charge in [0.25, 0.3) is 5.91 Å². The molecule has 0 radical (unpaired) electrons. The van der Waals surface area contributed by atoms with E-state index in [1.807, 2.05) is 0 Å². The lowest BCUT2D eigenvalue weighted by Gasteiger charge is -2.27. The summed E-state index contributed by atoms with van der Waals surface area (Å²) >= 11 is 0. The lowest BCUT2D eigenvalue weighted by Crippen LogP contribution is -2.22. The Balaban J connectivity index is 1.83. The summed E-state index contributed by atoms with van der Waals surface area (Å²) in [4.78, 5) is 10.9. The highest BCUT2D eigenvalue weighted by Crippen LogP contribution is 2.35. The van der Waals surface area contributed by atoms with Crippen molar-refractivity contribution in [3.63, 3.8) is 0 Å². The molecule has 21 heavy (non-hydrogen) atoms. The molecule has 0 fully saturated rings. The van der Waals surface area contributed by atoms with Gasteiger partial charge < -0.3 is 15.8 Å². The van der Waals surface area contributed by atoms with Gasteiger partial charge in [0.1, 0.15) is 5.82 Å². The highest BCUT2D eigenvalue weighted by Gasteiger charge is 2.24. The van der Waals surface area contributed by atoms with Gasteiger partial charge in [0.05, 0.1) is 12.6 Å². The highest BCUT2D eigenvalue weighted by atomic mass is 19.1. The predicted octanol–water partition coefficient (Wildman–Crippen LogP) is 1.65. The molecule has 7 heteroatoms. The Kier molecular flexibility index (Phi) is 3.39. The number of para-hydroxylation sites is 1. The minimum Gasteiger partial charge on any atom is -0.490 e. The first-order valence-electron chi connectivity index (χ1n) is 6.46. The van der Waals surface area contributed by atoms with Crippen LogP contribution in [-0.2, 0) is 0 Å². The van der Waals surface area contributed by atoms with Crippen LogP contribution in [0.5, 0.6) is 5.75 Å². The fourth-order valence-electron chi connectivity index (χ4n) is 2.26. The standard InChI is InChI=1S/C14H13FN4O2/c15-9-3-1-2-8-10(6-7-21-13(8)9)17-12-5-4-11(14(16)20)18-19-12/h1-5,10H,6-7H2,(H2,16,20)(H,17,19)/t10-/m0/s1. The van der Waals surface area contributed by atoms with E-state index in [2.05, 4.69) is 15.5 Å². The highest BCUT2D eigenvalue weighted by molar-refractivity contribution is 5.90. The molecule has 0 bridgehead atoms. The Labute approximate surface area is 120 Å². The molecule has 1 aromatic heterocycles. The number of carbonyl (C=O) groups excluding carboxylic acids is 1. The van der Waals surface area contributed by atoms with Crippen LogP contribution in [0.4, 0.5) is 10.2 Å². The molecule has 0 saturated carbocycles. The molecule has 0 saturated heterocycles. The van der Waals surface area contributed by atoms with E-state index >= 15 is 0 Å². The normalized spacial score (nSPS) is 16.7. The first-order chi connectivity index (χ1) is 10.1. The number of fused-ring (bicyclic) bond motifs is 1. The van der Waals surface area contributed by atoms with E-state index in [4.69, 9.17) is 10.5 Å². The van der Waals surface area contributed by atoms with E-state index in [1.165, 1.54) is 12.1 Å². The smallest absolute Gasteiger partial charge is 0.269 e. The van der Waals surface area contributed by atoms with Crippen molar-refractivity contribution < 1.29 is 13.9 Å². The number of anilines is 1. The fraction of sp³-hybridized carbons (Fsp3) is 0.214. The summed E-state index contributed by atoms with van der Waals surface area (Å²) in [6.07, 6.45) is 0.676. The molecule has 1 aliphatic rings. The summed E-state index contributed by atoms with van der Waals surface area (Å²) in [6.45, 7) is 0.415. The zero-order valence-corrected chi connectivity index (χ0v) is 11.0. The zero-order chi connectivity index (χ0) is 14.8. The summed E-state index contributed by atoms with van der Waals surface area (Å²) in [6, 6.07) is 7.78. The van der Waals surface area contributed by atoms with E-state index in [9.17, 15) is 9.18 Å². The Bertz CT molecular complexity index is 675. The van der Waals surface area contributed by atoms with Crippen LogP contribution in [0.3, 0.4) is 0 Å². The maximum Gasteiger partial charge on any atom is 0.269 e. The molecule has 0 unspecified atom stereocenters. The fourth-order valence-corrected chi connectivity index (χ4v) is 2.26. The molecule has 3 N–H and O–H groups in total. The maximum absolute atomic E-state index is 13.7. The number of nitrogens with zero attached hydrogens (tertiary/aromatic N) is 2. The summed E-state index contributed by atoms with van der Waals surface area (Å²) in [5, 5.41) is 10.8. The number of aromatic nitrogens is 2. The average molecular weight is 288 g/mol. The number of rotatable bonds is 3. The van der Waals surface area contributed by atoms with Crippen molar-refractivity contribution in [2.75, 3.05) is 11.9 Å². The van der Waals surface area contributed by atoms with Crippen molar-refractivity contribution in [2.45, 2.75) is 12.5 Å². The molecule has 1 atom stereocenters. The predicted molar refractivity (Wildman–Crippen MR) is 73.4 cm³/mol. The van der Waals surface area contributed by atoms with Crippen LogP contribution in [0.2, 0.25) is 0 Å². The van der Waals surface area contributed by atoms with Crippen LogP contribution in [-0.4, -0.2) is 22.7 Å². The number of halogens is 1. The van der Waals surface area contributed by atoms with Crippen LogP contribution in [0.25, 0.3) is 0 Å². The van der Waals surface area contributed by atoms with Crippen molar-refractivity contribution >= 4 is 11.7 Å². The molecular formula is C14H13FN4O2. The molecule has 1 aromatic carbocycles. The van der Waals surface area contributed by atoms with Gasteiger partial charge >= 0.3 is 0 Å². The largest absolute Gasteiger partial charge is 0.490 e. The molecule has 0 aliphatic carbocycles. The molecule has 3 rings (SSSR count). The van der Waals surface area contributed by atoms with Crippen LogP contribution in [0.1, 0.15) is 28.5 Å². The van der Waals surface area contributed by atoms with Gasteiger partial charge in [-0.1, -0.05) is 12.1 Å². The Morgan fingerprint density at radius 1 is 1.33 bits per heavy atom. The molecule has 1 amide bonds. The molecule has 0 spiro atoms. The molecule has 6 nitrogen and oxygen atoms in total. The third-order valence-corrected chi connectivity index (χ3v) is 3.26. The second-order valence-electron chi connectivity index (χ2n) is 4.66. The van der Waals surface area contributed by atoms with E-state index < -0.39 is 5.91 Å². The van der Waals surface area contributed by atoms with Gasteiger partial charge in [0, 0.05) is 12.0 Å². The van der Waals surface area contributed by atoms with Gasteiger partial charge in [-0.05, 0) is 18.2 Å². The van der Waals surface area contributed by atoms with Gasteiger partial charge in [0.15, 0.2) is 17.3 Å². The van der Waals surface area contributed by atoms with Gasteiger partial charge in [-0.2, -0.15) is 0 Å². The number of hydrogen-bond donors (Lipinski definition) is 2. The summed E-state index contributed by atoms with van der Waals surface area (Å²) in [5.74, 6) is -0.258. The van der Waals surface area contributed by atoms with E-state index in [1.54, 1.807) is 18.2 Å². The van der Waals surface area contributed by atoms with Gasteiger partial charge in [-0.3, -0.25) is 4.79 Å². The first kappa shape index (κ1) is 13.3. The number of carbonyl (C=O) groups is 1. The Morgan fingerprint density at radius 2 is 2.19 bits per heavy atom. The average Bonchev–Trinajstić information content (AvgIpc) is 2.49. The number of primary amides is 1. The molecule has 1 aliphatic heterocycles. The quantitative estimate of drug-likeness (QED) is 0.896. The number of nitrogens with one attached hydrogen (secondary N) is 1. The number of ether oxygens (including phenoxy) is 1. The minimum absolute atomic E-state index is 0.0963. The topological polar surface area (TPSA) is 90.1 Å². The molecule has 108 valence electrons. The van der Waals surface area contributed by atoms with Crippen LogP contribution < -0.4 is 15.8 Å². The van der Waals surface area contributed by atoms with E-state index in [0.29, 0.717) is 18.8 Å². The summed E-state index contributed by atoms with van der Waals surface area (Å²) in [5.41, 5.74) is 5.94. The number of nitrogens with two attached hydrogens (primary N) is 1. The number of benzene rings is 1. The first-order valence-corrected chi connectivity index (χ1v) is 6.46. The second kappa shape index (κ2) is 5.35. The lowest BCUT2D eigenvalue weighted by molar-refractivity contribution is 0.0994. The maximum atomic E-state index is 13.7. The molecule has 2 heterocycles. The Hall–Kier alpha value is -2.70. The van der Waals surface area contributed by atoms with Crippen molar-refractivity contribution in [1.82, 2.24) is 10.2 Å². The minimum atomic E-state index is -0.632. The van der Waals surface area contributed by atoms with Gasteiger partial charge in [-0.15, -0.1) is 10.2 Å². The van der Waals surface area contributed by atoms with Gasteiger partial charge in [0.2, 0.25) is 0 Å². The van der Waals surface area contributed by atoms with Crippen molar-refractivity contribution in [3.05, 3.63) is 47.4 Å². The molecular weight excluding hydrogens is 275 g/mol. The van der Waals surface area contributed by atoms with Crippen molar-refractivity contribution in [2.24, 2.45) is 5.73 Å². The zero-order valence-electron chi connectivity index (χ0n) is 11.0. The monoisotopic (exact) mass is 288 g/mol. The SMILES string of the molecule is NC(=O)c1ccc(N[C@H]2CCOc3c(F)cccc32)nn1. The van der Waals surface area contributed by atoms with Gasteiger partial charge in [-0.25, -0.2) is 4.39 Å².